The van der Waals surface area contributed by atoms with Crippen LogP contribution in [0.5, 0.6) is 0 Å². The molecule has 100 valence electrons. The molecule has 2 heterocycles. The minimum absolute atomic E-state index is 0.253. The molecule has 2 aromatic heterocycles. The molecule has 19 heavy (non-hydrogen) atoms. The van der Waals surface area contributed by atoms with Crippen molar-refractivity contribution in [3.63, 3.8) is 0 Å². The molecule has 5 heteroatoms. The topological polar surface area (TPSA) is 35.0 Å². The van der Waals surface area contributed by atoms with Crippen LogP contribution in [0.15, 0.2) is 0 Å². The Morgan fingerprint density at radius 3 is 2.68 bits per heavy atom. The first kappa shape index (κ1) is 14.3. The van der Waals surface area contributed by atoms with E-state index in [2.05, 4.69) is 22.8 Å². The van der Waals surface area contributed by atoms with Gasteiger partial charge in [0.1, 0.15) is 22.2 Å². The van der Waals surface area contributed by atoms with E-state index in [1.165, 1.54) is 4.88 Å². The maximum Gasteiger partial charge on any atom is 0.157 e. The average molecular weight is 295 g/mol. The predicted octanol–water partition coefficient (Wildman–Crippen LogP) is 3.89. The van der Waals surface area contributed by atoms with Crippen molar-refractivity contribution in [2.24, 2.45) is 0 Å². The van der Waals surface area contributed by atoms with Crippen LogP contribution < -0.4 is 0 Å². The van der Waals surface area contributed by atoms with Gasteiger partial charge in [-0.15, -0.1) is 17.8 Å². The molecule has 0 aliphatic heterocycles. The number of hydrogen-bond acceptors (Lipinski definition) is 4. The van der Waals surface area contributed by atoms with E-state index in [1.54, 1.807) is 11.3 Å². The summed E-state index contributed by atoms with van der Waals surface area (Å²) in [6.07, 6.45) is 5.37. The van der Waals surface area contributed by atoms with Gasteiger partial charge in [-0.2, -0.15) is 0 Å². The van der Waals surface area contributed by atoms with Crippen LogP contribution >= 0.6 is 22.9 Å². The molecule has 0 unspecified atom stereocenters. The lowest BCUT2D eigenvalue weighted by Gasteiger charge is -2.17. The standard InChI is InChI=1S/C14H15ClN2OS/c1-6-14(4,5)18-7-10-16-12(15)11-8(2)9(3)19-13(11)17-10/h1H,7H2,2-5H3. The zero-order valence-corrected chi connectivity index (χ0v) is 12.9. The van der Waals surface area contributed by atoms with Crippen molar-refractivity contribution in [1.82, 2.24) is 9.97 Å². The number of rotatable bonds is 3. The molecule has 2 aromatic rings. The van der Waals surface area contributed by atoms with Gasteiger partial charge in [-0.05, 0) is 33.3 Å². The summed E-state index contributed by atoms with van der Waals surface area (Å²) in [5, 5.41) is 1.41. The molecular weight excluding hydrogens is 280 g/mol. The molecule has 0 aliphatic rings. The number of aromatic nitrogens is 2. The van der Waals surface area contributed by atoms with Crippen LogP contribution in [0.3, 0.4) is 0 Å². The van der Waals surface area contributed by atoms with E-state index in [1.807, 2.05) is 20.8 Å². The summed E-state index contributed by atoms with van der Waals surface area (Å²) in [7, 11) is 0. The van der Waals surface area contributed by atoms with Crippen molar-refractivity contribution in [1.29, 1.82) is 0 Å². The van der Waals surface area contributed by atoms with Crippen molar-refractivity contribution in [2.45, 2.75) is 39.9 Å². The van der Waals surface area contributed by atoms with Crippen LogP contribution in [0.4, 0.5) is 0 Å². The zero-order valence-electron chi connectivity index (χ0n) is 11.4. The number of ether oxygens (including phenoxy) is 1. The van der Waals surface area contributed by atoms with Gasteiger partial charge in [0, 0.05) is 4.88 Å². The Balaban J connectivity index is 2.35. The minimum atomic E-state index is -0.633. The third-order valence-corrected chi connectivity index (χ3v) is 4.32. The second-order valence-corrected chi connectivity index (χ2v) is 6.40. The number of hydrogen-bond donors (Lipinski definition) is 0. The number of halogens is 1. The van der Waals surface area contributed by atoms with Crippen molar-refractivity contribution < 1.29 is 4.74 Å². The number of fused-ring (bicyclic) bond motifs is 1. The number of terminal acetylenes is 1. The summed E-state index contributed by atoms with van der Waals surface area (Å²) in [6.45, 7) is 7.98. The summed E-state index contributed by atoms with van der Waals surface area (Å²) in [5.74, 6) is 3.13. The van der Waals surface area contributed by atoms with Gasteiger partial charge in [-0.3, -0.25) is 0 Å². The SMILES string of the molecule is C#CC(C)(C)OCc1nc(Cl)c2c(C)c(C)sc2n1. The fourth-order valence-corrected chi connectivity index (χ4v) is 3.03. The molecule has 0 spiro atoms. The molecule has 3 nitrogen and oxygen atoms in total. The van der Waals surface area contributed by atoms with Gasteiger partial charge in [0.05, 0.1) is 5.39 Å². The van der Waals surface area contributed by atoms with E-state index < -0.39 is 5.60 Å². The fourth-order valence-electron chi connectivity index (χ4n) is 1.59. The van der Waals surface area contributed by atoms with Crippen molar-refractivity contribution in [3.05, 3.63) is 21.4 Å². The highest BCUT2D eigenvalue weighted by Crippen LogP contribution is 2.33. The van der Waals surface area contributed by atoms with E-state index in [9.17, 15) is 0 Å². The highest BCUT2D eigenvalue weighted by Gasteiger charge is 2.17. The Hall–Kier alpha value is -1.15. The van der Waals surface area contributed by atoms with Gasteiger partial charge in [0.15, 0.2) is 5.82 Å². The predicted molar refractivity (Wildman–Crippen MR) is 79.6 cm³/mol. The van der Waals surface area contributed by atoms with Gasteiger partial charge in [-0.1, -0.05) is 17.5 Å². The van der Waals surface area contributed by atoms with Crippen LogP contribution in [-0.4, -0.2) is 15.6 Å². The van der Waals surface area contributed by atoms with Crippen LogP contribution in [0, 0.1) is 26.2 Å². The highest BCUT2D eigenvalue weighted by atomic mass is 35.5. The second-order valence-electron chi connectivity index (χ2n) is 4.84. The van der Waals surface area contributed by atoms with E-state index in [4.69, 9.17) is 22.8 Å². The van der Waals surface area contributed by atoms with Crippen molar-refractivity contribution >= 4 is 33.2 Å². The first-order valence-electron chi connectivity index (χ1n) is 5.88. The van der Waals surface area contributed by atoms with E-state index in [0.29, 0.717) is 11.0 Å². The van der Waals surface area contributed by atoms with Gasteiger partial charge in [0.2, 0.25) is 0 Å². The molecule has 0 aliphatic carbocycles. The minimum Gasteiger partial charge on any atom is -0.355 e. The number of nitrogens with zero attached hydrogens (tertiary/aromatic N) is 2. The first-order chi connectivity index (χ1) is 8.84. The van der Waals surface area contributed by atoms with E-state index in [-0.39, 0.29) is 6.61 Å². The summed E-state index contributed by atoms with van der Waals surface area (Å²) >= 11 is 7.84. The van der Waals surface area contributed by atoms with Crippen molar-refractivity contribution in [3.8, 4) is 12.3 Å². The van der Waals surface area contributed by atoms with Crippen LogP contribution in [0.1, 0.15) is 30.1 Å². The number of aryl methyl sites for hydroxylation is 2. The van der Waals surface area contributed by atoms with Gasteiger partial charge in [0.25, 0.3) is 0 Å². The Kier molecular flexibility index (Phi) is 3.82. The first-order valence-corrected chi connectivity index (χ1v) is 7.07. The fraction of sp³-hybridized carbons (Fsp3) is 0.429. The maximum atomic E-state index is 6.22. The van der Waals surface area contributed by atoms with E-state index >= 15 is 0 Å². The molecular formula is C14H15ClN2OS. The maximum absolute atomic E-state index is 6.22. The molecule has 0 fully saturated rings. The molecule has 0 radical (unpaired) electrons. The summed E-state index contributed by atoms with van der Waals surface area (Å²) in [6, 6.07) is 0. The van der Waals surface area contributed by atoms with Crippen LogP contribution in [-0.2, 0) is 11.3 Å². The van der Waals surface area contributed by atoms with Crippen molar-refractivity contribution in [2.75, 3.05) is 0 Å². The van der Waals surface area contributed by atoms with E-state index in [0.717, 1.165) is 15.8 Å². The summed E-state index contributed by atoms with van der Waals surface area (Å²) < 4.78 is 5.59. The molecule has 0 amide bonds. The third kappa shape index (κ3) is 2.89. The van der Waals surface area contributed by atoms with Gasteiger partial charge in [-0.25, -0.2) is 9.97 Å². The van der Waals surface area contributed by atoms with Gasteiger partial charge < -0.3 is 4.74 Å². The third-order valence-electron chi connectivity index (χ3n) is 2.94. The zero-order chi connectivity index (χ0) is 14.2. The normalized spacial score (nSPS) is 11.8. The molecule has 0 bridgehead atoms. The largest absolute Gasteiger partial charge is 0.355 e. The average Bonchev–Trinajstić information content (AvgIpc) is 2.63. The summed E-state index contributed by atoms with van der Waals surface area (Å²) in [4.78, 5) is 10.9. The Labute approximate surface area is 122 Å². The van der Waals surface area contributed by atoms with Crippen LogP contribution in [0.25, 0.3) is 10.2 Å². The lowest BCUT2D eigenvalue weighted by molar-refractivity contribution is 0.0111. The Bertz CT molecular complexity index is 670. The van der Waals surface area contributed by atoms with Gasteiger partial charge >= 0.3 is 0 Å². The highest BCUT2D eigenvalue weighted by molar-refractivity contribution is 7.18. The lowest BCUT2D eigenvalue weighted by atomic mass is 10.1. The quantitative estimate of drug-likeness (QED) is 0.636. The Morgan fingerprint density at radius 2 is 2.05 bits per heavy atom. The molecule has 0 aromatic carbocycles. The second kappa shape index (κ2) is 5.09. The molecule has 0 N–H and O–H groups in total. The lowest BCUT2D eigenvalue weighted by Crippen LogP contribution is -2.22. The monoisotopic (exact) mass is 294 g/mol. The summed E-state index contributed by atoms with van der Waals surface area (Å²) in [5.41, 5.74) is 0.507. The molecule has 2 rings (SSSR count). The van der Waals surface area contributed by atoms with Crippen LogP contribution in [0.2, 0.25) is 5.15 Å². The molecule has 0 atom stereocenters. The smallest absolute Gasteiger partial charge is 0.157 e. The number of thiophene rings is 1. The Morgan fingerprint density at radius 1 is 1.37 bits per heavy atom. The molecule has 0 saturated carbocycles. The molecule has 0 saturated heterocycles.